The lowest BCUT2D eigenvalue weighted by molar-refractivity contribution is 0.0159. The molecule has 5 fully saturated rings. The third kappa shape index (κ3) is 2.24. The van der Waals surface area contributed by atoms with Crippen molar-refractivity contribution in [3.05, 3.63) is 11.8 Å². The van der Waals surface area contributed by atoms with Gasteiger partial charge in [-0.15, -0.1) is 0 Å². The lowest BCUT2D eigenvalue weighted by atomic mass is 9.68. The Kier molecular flexibility index (Phi) is 2.91. The molecule has 2 aliphatic carbocycles. The number of likely N-dealkylation sites (tertiary alicyclic amines) is 1. The Balaban J connectivity index is 1.30. The molecule has 3 unspecified atom stereocenters. The largest absolute Gasteiger partial charge is 0.493 e. The molecule has 0 amide bonds. The van der Waals surface area contributed by atoms with E-state index >= 15 is 0 Å². The Hall–Kier alpha value is -0.540. The third-order valence-electron chi connectivity index (χ3n) is 6.64. The molecule has 3 nitrogen and oxygen atoms in total. The maximum atomic E-state index is 6.62. The van der Waals surface area contributed by atoms with Crippen LogP contribution in [0.15, 0.2) is 11.8 Å². The molecule has 4 aliphatic heterocycles. The van der Waals surface area contributed by atoms with Crippen LogP contribution in [-0.4, -0.2) is 43.2 Å². The maximum Gasteiger partial charge on any atom is 0.111 e. The van der Waals surface area contributed by atoms with Crippen molar-refractivity contribution in [2.75, 3.05) is 26.2 Å². The fraction of sp³-hybridized carbons (Fsp3) is 0.889. The van der Waals surface area contributed by atoms with Gasteiger partial charge in [0.05, 0.1) is 0 Å². The molecule has 6 aliphatic rings. The molecule has 0 aromatic rings. The summed E-state index contributed by atoms with van der Waals surface area (Å²) in [5, 5.41) is 3.65. The van der Waals surface area contributed by atoms with Crippen molar-refractivity contribution >= 4 is 0 Å². The Morgan fingerprint density at radius 1 is 1.19 bits per heavy atom. The summed E-state index contributed by atoms with van der Waals surface area (Å²) in [7, 11) is 0. The number of nitrogens with one attached hydrogen (secondary N) is 1. The van der Waals surface area contributed by atoms with Crippen molar-refractivity contribution in [3.8, 4) is 0 Å². The molecular formula is C18H28N2O. The zero-order chi connectivity index (χ0) is 13.9. The normalized spacial score (nSPS) is 48.7. The van der Waals surface area contributed by atoms with E-state index in [0.29, 0.717) is 11.5 Å². The third-order valence-corrected chi connectivity index (χ3v) is 6.64. The van der Waals surface area contributed by atoms with Gasteiger partial charge in [-0.3, -0.25) is 4.90 Å². The summed E-state index contributed by atoms with van der Waals surface area (Å²) in [6.07, 6.45) is 12.6. The van der Waals surface area contributed by atoms with Gasteiger partial charge >= 0.3 is 0 Å². The molecule has 0 aromatic carbocycles. The summed E-state index contributed by atoms with van der Waals surface area (Å²) in [5.74, 6) is 3.16. The van der Waals surface area contributed by atoms with Crippen LogP contribution in [0.25, 0.3) is 0 Å². The number of hydrogen-bond acceptors (Lipinski definition) is 3. The van der Waals surface area contributed by atoms with Gasteiger partial charge < -0.3 is 10.1 Å². The van der Waals surface area contributed by atoms with Gasteiger partial charge in [-0.1, -0.05) is 6.42 Å². The second-order valence-electron chi connectivity index (χ2n) is 8.29. The van der Waals surface area contributed by atoms with Gasteiger partial charge in [0.25, 0.3) is 0 Å². The first-order valence-corrected chi connectivity index (χ1v) is 9.15. The van der Waals surface area contributed by atoms with Crippen LogP contribution in [0.3, 0.4) is 0 Å². The topological polar surface area (TPSA) is 24.5 Å². The van der Waals surface area contributed by atoms with E-state index < -0.39 is 0 Å². The number of fused-ring (bicyclic) bond motifs is 2. The minimum atomic E-state index is 0.391. The minimum Gasteiger partial charge on any atom is -0.493 e. The Morgan fingerprint density at radius 2 is 2.05 bits per heavy atom. The van der Waals surface area contributed by atoms with Crippen LogP contribution in [0.1, 0.15) is 44.9 Å². The van der Waals surface area contributed by atoms with Crippen LogP contribution in [0.2, 0.25) is 0 Å². The van der Waals surface area contributed by atoms with Gasteiger partial charge in [-0.05, 0) is 69.5 Å². The number of hydrogen-bond donors (Lipinski definition) is 1. The lowest BCUT2D eigenvalue weighted by Crippen LogP contribution is -2.41. The average molecular weight is 288 g/mol. The van der Waals surface area contributed by atoms with Crippen LogP contribution < -0.4 is 5.32 Å². The van der Waals surface area contributed by atoms with Crippen LogP contribution in [-0.2, 0) is 4.74 Å². The van der Waals surface area contributed by atoms with E-state index in [0.717, 1.165) is 24.4 Å². The molecule has 4 heterocycles. The number of ether oxygens (including phenoxy) is 1. The number of nitrogens with zero attached hydrogens (tertiary/aromatic N) is 1. The summed E-state index contributed by atoms with van der Waals surface area (Å²) in [6.45, 7) is 4.92. The molecule has 6 rings (SSSR count). The Labute approximate surface area is 128 Å². The van der Waals surface area contributed by atoms with Crippen molar-refractivity contribution < 1.29 is 4.74 Å². The maximum absolute atomic E-state index is 6.62. The first-order valence-electron chi connectivity index (χ1n) is 9.15. The first-order chi connectivity index (χ1) is 10.3. The van der Waals surface area contributed by atoms with Crippen LogP contribution in [0.5, 0.6) is 0 Å². The quantitative estimate of drug-likeness (QED) is 0.864. The molecule has 0 spiro atoms. The van der Waals surface area contributed by atoms with E-state index in [2.05, 4.69) is 16.3 Å². The predicted octanol–water partition coefficient (Wildman–Crippen LogP) is 2.53. The second kappa shape index (κ2) is 4.73. The predicted molar refractivity (Wildman–Crippen MR) is 82.9 cm³/mol. The summed E-state index contributed by atoms with van der Waals surface area (Å²) < 4.78 is 6.62. The summed E-state index contributed by atoms with van der Waals surface area (Å²) >= 11 is 0. The molecule has 2 saturated carbocycles. The molecule has 0 radical (unpaired) electrons. The van der Waals surface area contributed by atoms with Gasteiger partial charge in [0, 0.05) is 24.5 Å². The molecule has 21 heavy (non-hydrogen) atoms. The van der Waals surface area contributed by atoms with E-state index in [1.54, 1.807) is 0 Å². The highest BCUT2D eigenvalue weighted by Crippen LogP contribution is 2.56. The first kappa shape index (κ1) is 13.0. The minimum absolute atomic E-state index is 0.391. The van der Waals surface area contributed by atoms with Crippen LogP contribution in [0.4, 0.5) is 0 Å². The van der Waals surface area contributed by atoms with E-state index in [9.17, 15) is 0 Å². The average Bonchev–Trinajstić information content (AvgIpc) is 2.90. The zero-order valence-electron chi connectivity index (χ0n) is 13.0. The molecule has 116 valence electrons. The molecule has 1 N–H and O–H groups in total. The van der Waals surface area contributed by atoms with Gasteiger partial charge in [0.1, 0.15) is 11.9 Å². The molecule has 0 aromatic heterocycles. The van der Waals surface area contributed by atoms with Gasteiger partial charge in [0.2, 0.25) is 0 Å². The van der Waals surface area contributed by atoms with Crippen molar-refractivity contribution in [1.29, 1.82) is 0 Å². The van der Waals surface area contributed by atoms with E-state index in [4.69, 9.17) is 4.74 Å². The van der Waals surface area contributed by atoms with Crippen molar-refractivity contribution in [2.45, 2.75) is 57.1 Å². The fourth-order valence-corrected chi connectivity index (χ4v) is 5.19. The molecule has 2 bridgehead atoms. The summed E-state index contributed by atoms with van der Waals surface area (Å²) in [4.78, 5) is 2.66. The van der Waals surface area contributed by atoms with E-state index in [-0.39, 0.29) is 0 Å². The Bertz CT molecular complexity index is 443. The highest BCUT2D eigenvalue weighted by molar-refractivity contribution is 5.25. The zero-order valence-corrected chi connectivity index (χ0v) is 13.0. The Morgan fingerprint density at radius 3 is 2.81 bits per heavy atom. The highest BCUT2D eigenvalue weighted by atomic mass is 16.5. The lowest BCUT2D eigenvalue weighted by Gasteiger charge is -2.40. The van der Waals surface area contributed by atoms with Crippen molar-refractivity contribution in [2.24, 2.45) is 17.3 Å². The standard InChI is InChI=1S/C18H28N2O/c1-2-4-20(5-3-1)11-16-7-13-6-14(13)8-17(21-16)18-9-15(10-18)19-12-18/h8,13-16,19H,1-7,9-12H2. The number of allylic oxidation sites excluding steroid dienone is 1. The second-order valence-corrected chi connectivity index (χ2v) is 8.29. The number of rotatable bonds is 3. The molecule has 3 heteroatoms. The SMILES string of the molecule is C1=C(C23CNC(C2)C3)OC(CN2CCCCC2)CC2CC12. The number of piperidine rings is 1. The van der Waals surface area contributed by atoms with Crippen LogP contribution >= 0.6 is 0 Å². The van der Waals surface area contributed by atoms with E-state index in [1.807, 2.05) is 0 Å². The van der Waals surface area contributed by atoms with Gasteiger partial charge in [0.15, 0.2) is 0 Å². The molecule has 3 atom stereocenters. The van der Waals surface area contributed by atoms with Crippen molar-refractivity contribution in [1.82, 2.24) is 10.2 Å². The van der Waals surface area contributed by atoms with Gasteiger partial charge in [-0.2, -0.15) is 0 Å². The van der Waals surface area contributed by atoms with Crippen molar-refractivity contribution in [3.63, 3.8) is 0 Å². The van der Waals surface area contributed by atoms with Gasteiger partial charge in [-0.25, -0.2) is 0 Å². The molecular weight excluding hydrogens is 260 g/mol. The highest BCUT2D eigenvalue weighted by Gasteiger charge is 2.56. The molecule has 3 saturated heterocycles. The summed E-state index contributed by atoms with van der Waals surface area (Å²) in [5.41, 5.74) is 0.391. The van der Waals surface area contributed by atoms with Crippen LogP contribution in [0, 0.1) is 17.3 Å². The fourth-order valence-electron chi connectivity index (χ4n) is 5.19. The monoisotopic (exact) mass is 288 g/mol. The summed E-state index contributed by atoms with van der Waals surface area (Å²) in [6, 6.07) is 0.785. The van der Waals surface area contributed by atoms with E-state index in [1.165, 1.54) is 70.3 Å². The smallest absolute Gasteiger partial charge is 0.111 e.